The topological polar surface area (TPSA) is 99.2 Å². The van der Waals surface area contributed by atoms with Gasteiger partial charge in [-0.3, -0.25) is 9.59 Å². The highest BCUT2D eigenvalue weighted by atomic mass is 16.7. The highest BCUT2D eigenvalue weighted by Crippen LogP contribution is 2.23. The van der Waals surface area contributed by atoms with Crippen LogP contribution in [0.3, 0.4) is 0 Å². The number of rotatable bonds is 4. The molecule has 1 aliphatic rings. The van der Waals surface area contributed by atoms with Gasteiger partial charge in [-0.1, -0.05) is 17.2 Å². The average molecular weight is 335 g/mol. The standard InChI is InChI=1S/C16H17NO7/c1-16(2,3)23-14(20)11(22-4)15(21)24-17-12(18)9-7-5-6-8-10(9)13(17)19/h5-8,11H,1-4H3. The average Bonchev–Trinajstić information content (AvgIpc) is 2.72. The van der Waals surface area contributed by atoms with Crippen molar-refractivity contribution in [3.05, 3.63) is 35.4 Å². The number of hydrogen-bond acceptors (Lipinski definition) is 7. The molecular formula is C16H17NO7. The second-order valence-electron chi connectivity index (χ2n) is 6.01. The number of carbonyl (C=O) groups excluding carboxylic acids is 4. The molecular weight excluding hydrogens is 318 g/mol. The summed E-state index contributed by atoms with van der Waals surface area (Å²) in [7, 11) is 1.11. The molecule has 0 N–H and O–H groups in total. The van der Waals surface area contributed by atoms with Crippen molar-refractivity contribution in [3.8, 4) is 0 Å². The molecule has 0 saturated heterocycles. The minimum absolute atomic E-state index is 0.113. The zero-order valence-corrected chi connectivity index (χ0v) is 13.7. The third-order valence-electron chi connectivity index (χ3n) is 3.01. The summed E-state index contributed by atoms with van der Waals surface area (Å²) in [6.07, 6.45) is -1.71. The van der Waals surface area contributed by atoms with Gasteiger partial charge in [0.2, 0.25) is 0 Å². The lowest BCUT2D eigenvalue weighted by atomic mass is 10.1. The zero-order valence-electron chi connectivity index (χ0n) is 13.7. The Hall–Kier alpha value is -2.74. The fourth-order valence-corrected chi connectivity index (χ4v) is 2.03. The minimum Gasteiger partial charge on any atom is -0.458 e. The Morgan fingerprint density at radius 2 is 1.50 bits per heavy atom. The van der Waals surface area contributed by atoms with Gasteiger partial charge in [-0.05, 0) is 32.9 Å². The SMILES string of the molecule is COC(C(=O)ON1C(=O)c2ccccc2C1=O)C(=O)OC(C)(C)C. The van der Waals surface area contributed by atoms with E-state index in [0.717, 1.165) is 7.11 Å². The molecule has 1 atom stereocenters. The van der Waals surface area contributed by atoms with Gasteiger partial charge in [0.05, 0.1) is 11.1 Å². The molecule has 2 amide bonds. The first-order valence-corrected chi connectivity index (χ1v) is 7.11. The minimum atomic E-state index is -1.71. The Bertz CT molecular complexity index is 670. The van der Waals surface area contributed by atoms with E-state index < -0.39 is 35.5 Å². The van der Waals surface area contributed by atoms with Crippen molar-refractivity contribution in [2.75, 3.05) is 7.11 Å². The molecule has 2 rings (SSSR count). The van der Waals surface area contributed by atoms with Crippen LogP contribution in [0.5, 0.6) is 0 Å². The maximum atomic E-state index is 12.1. The van der Waals surface area contributed by atoms with Crippen LogP contribution in [0, 0.1) is 0 Å². The van der Waals surface area contributed by atoms with Crippen molar-refractivity contribution in [3.63, 3.8) is 0 Å². The zero-order chi connectivity index (χ0) is 18.1. The number of fused-ring (bicyclic) bond motifs is 1. The van der Waals surface area contributed by atoms with Crippen molar-refractivity contribution in [1.29, 1.82) is 0 Å². The summed E-state index contributed by atoms with van der Waals surface area (Å²) in [5, 5.41) is 0.309. The molecule has 1 unspecified atom stereocenters. The largest absolute Gasteiger partial charge is 0.458 e. The molecule has 0 spiro atoms. The number of amides is 2. The van der Waals surface area contributed by atoms with Crippen LogP contribution in [-0.4, -0.2) is 47.6 Å². The molecule has 128 valence electrons. The lowest BCUT2D eigenvalue weighted by molar-refractivity contribution is -0.191. The van der Waals surface area contributed by atoms with Crippen LogP contribution in [0.4, 0.5) is 0 Å². The molecule has 8 heteroatoms. The number of esters is 1. The molecule has 0 fully saturated rings. The van der Waals surface area contributed by atoms with Gasteiger partial charge in [-0.15, -0.1) is 0 Å². The maximum Gasteiger partial charge on any atom is 0.373 e. The fourth-order valence-electron chi connectivity index (χ4n) is 2.03. The van der Waals surface area contributed by atoms with E-state index in [2.05, 4.69) is 0 Å². The molecule has 8 nitrogen and oxygen atoms in total. The number of imide groups is 1. The summed E-state index contributed by atoms with van der Waals surface area (Å²) in [5.41, 5.74) is -0.619. The molecule has 0 aromatic heterocycles. The van der Waals surface area contributed by atoms with E-state index >= 15 is 0 Å². The Morgan fingerprint density at radius 3 is 1.92 bits per heavy atom. The maximum absolute atomic E-state index is 12.1. The van der Waals surface area contributed by atoms with Crippen molar-refractivity contribution in [2.45, 2.75) is 32.5 Å². The van der Waals surface area contributed by atoms with Crippen molar-refractivity contribution >= 4 is 23.8 Å². The van der Waals surface area contributed by atoms with Crippen LogP contribution < -0.4 is 0 Å². The molecule has 1 aromatic rings. The van der Waals surface area contributed by atoms with Crippen LogP contribution in [0.2, 0.25) is 0 Å². The summed E-state index contributed by atoms with van der Waals surface area (Å²) in [6, 6.07) is 6.03. The number of benzene rings is 1. The first-order valence-electron chi connectivity index (χ1n) is 7.11. The first kappa shape index (κ1) is 17.6. The molecule has 0 bridgehead atoms. The number of hydroxylamine groups is 2. The fraction of sp³-hybridized carbons (Fsp3) is 0.375. The predicted octanol–water partition coefficient (Wildman–Crippen LogP) is 1.10. The van der Waals surface area contributed by atoms with Gasteiger partial charge in [0.1, 0.15) is 5.60 Å². The second kappa shape index (κ2) is 6.40. The summed E-state index contributed by atoms with van der Waals surface area (Å²) < 4.78 is 9.82. The van der Waals surface area contributed by atoms with Crippen molar-refractivity contribution in [2.24, 2.45) is 0 Å². The smallest absolute Gasteiger partial charge is 0.373 e. The third kappa shape index (κ3) is 3.43. The highest BCUT2D eigenvalue weighted by Gasteiger charge is 2.42. The molecule has 1 heterocycles. The van der Waals surface area contributed by atoms with E-state index in [1.165, 1.54) is 12.1 Å². The molecule has 0 radical (unpaired) electrons. The lowest BCUT2D eigenvalue weighted by Crippen LogP contribution is -2.43. The van der Waals surface area contributed by atoms with Gasteiger partial charge in [0.15, 0.2) is 0 Å². The van der Waals surface area contributed by atoms with Crippen LogP contribution in [0.15, 0.2) is 24.3 Å². The quantitative estimate of drug-likeness (QED) is 0.461. The molecule has 24 heavy (non-hydrogen) atoms. The number of carbonyl (C=O) groups is 4. The van der Waals surface area contributed by atoms with Crippen molar-refractivity contribution in [1.82, 2.24) is 5.06 Å². The van der Waals surface area contributed by atoms with Crippen molar-refractivity contribution < 1.29 is 33.5 Å². The number of methoxy groups -OCH3 is 1. The third-order valence-corrected chi connectivity index (χ3v) is 3.01. The number of hydrogen-bond donors (Lipinski definition) is 0. The van der Waals surface area contributed by atoms with Crippen LogP contribution in [0.1, 0.15) is 41.5 Å². The summed E-state index contributed by atoms with van der Waals surface area (Å²) in [5.74, 6) is -3.78. The summed E-state index contributed by atoms with van der Waals surface area (Å²) in [4.78, 5) is 53.1. The Kier molecular flexibility index (Phi) is 4.70. The monoisotopic (exact) mass is 335 g/mol. The van der Waals surface area contributed by atoms with E-state index in [4.69, 9.17) is 14.3 Å². The number of nitrogens with zero attached hydrogens (tertiary/aromatic N) is 1. The highest BCUT2D eigenvalue weighted by molar-refractivity contribution is 6.21. The molecule has 1 aromatic carbocycles. The Morgan fingerprint density at radius 1 is 1.00 bits per heavy atom. The molecule has 1 aliphatic heterocycles. The summed E-state index contributed by atoms with van der Waals surface area (Å²) >= 11 is 0. The van der Waals surface area contributed by atoms with Gasteiger partial charge >= 0.3 is 11.9 Å². The van der Waals surface area contributed by atoms with Crippen LogP contribution in [-0.2, 0) is 23.9 Å². The van der Waals surface area contributed by atoms with E-state index in [1.54, 1.807) is 32.9 Å². The Labute approximate surface area is 138 Å². The van der Waals surface area contributed by atoms with Crippen LogP contribution in [0.25, 0.3) is 0 Å². The Balaban J connectivity index is 2.13. The lowest BCUT2D eigenvalue weighted by Gasteiger charge is -2.23. The van der Waals surface area contributed by atoms with Gasteiger partial charge in [0.25, 0.3) is 17.9 Å². The number of ether oxygens (including phenoxy) is 2. The first-order chi connectivity index (χ1) is 11.2. The van der Waals surface area contributed by atoms with Gasteiger partial charge in [-0.25, -0.2) is 9.59 Å². The molecule has 0 aliphatic carbocycles. The van der Waals surface area contributed by atoms with E-state index in [1.807, 2.05) is 0 Å². The van der Waals surface area contributed by atoms with E-state index in [9.17, 15) is 19.2 Å². The van der Waals surface area contributed by atoms with Gasteiger partial charge < -0.3 is 14.3 Å². The molecule has 0 saturated carbocycles. The van der Waals surface area contributed by atoms with Gasteiger partial charge in [0, 0.05) is 7.11 Å². The van der Waals surface area contributed by atoms with Crippen LogP contribution >= 0.6 is 0 Å². The van der Waals surface area contributed by atoms with Gasteiger partial charge in [-0.2, -0.15) is 0 Å². The summed E-state index contributed by atoms with van der Waals surface area (Å²) in [6.45, 7) is 4.85. The normalized spacial score (nSPS) is 15.1. The van der Waals surface area contributed by atoms with E-state index in [-0.39, 0.29) is 11.1 Å². The van der Waals surface area contributed by atoms with E-state index in [0.29, 0.717) is 5.06 Å². The second-order valence-corrected chi connectivity index (χ2v) is 6.01. The predicted molar refractivity (Wildman–Crippen MR) is 79.7 cm³/mol.